The Balaban J connectivity index is 1.78. The molecule has 92 valence electrons. The highest BCUT2D eigenvalue weighted by Gasteiger charge is 2.13. The maximum Gasteiger partial charge on any atom is 0.230 e. The van der Waals surface area contributed by atoms with Crippen LogP contribution in [0.5, 0.6) is 0 Å². The predicted octanol–water partition coefficient (Wildman–Crippen LogP) is 1.61. The number of rotatable bonds is 3. The van der Waals surface area contributed by atoms with Crippen LogP contribution in [0, 0.1) is 0 Å². The van der Waals surface area contributed by atoms with E-state index in [1.54, 1.807) is 24.8 Å². The normalized spacial score (nSPS) is 14.8. The molecule has 1 N–H and O–H groups in total. The molecule has 2 aromatic rings. The van der Waals surface area contributed by atoms with E-state index >= 15 is 0 Å². The first-order valence-electron chi connectivity index (χ1n) is 6.03. The standard InChI is InChI=1S/C12H14N6/c1-2-8-18(7-1)11-3-4-15-12(17-11)16-10-9-13-5-6-14-10/h3-6,9H,1-2,7-8H2,(H,14,15,16,17). The van der Waals surface area contributed by atoms with E-state index in [1.165, 1.54) is 12.8 Å². The van der Waals surface area contributed by atoms with Crippen molar-refractivity contribution in [2.75, 3.05) is 23.3 Å². The average Bonchev–Trinajstić information content (AvgIpc) is 2.94. The second kappa shape index (κ2) is 4.95. The Morgan fingerprint density at radius 2 is 1.94 bits per heavy atom. The maximum absolute atomic E-state index is 4.49. The monoisotopic (exact) mass is 242 g/mol. The lowest BCUT2D eigenvalue weighted by Gasteiger charge is -2.16. The summed E-state index contributed by atoms with van der Waals surface area (Å²) in [6, 6.07) is 1.94. The first-order chi connectivity index (χ1) is 8.92. The van der Waals surface area contributed by atoms with Gasteiger partial charge in [0.2, 0.25) is 5.95 Å². The first-order valence-corrected chi connectivity index (χ1v) is 6.03. The molecule has 1 fully saturated rings. The number of nitrogens with one attached hydrogen (secondary N) is 1. The Bertz CT molecular complexity index is 509. The smallest absolute Gasteiger partial charge is 0.230 e. The van der Waals surface area contributed by atoms with Crippen molar-refractivity contribution >= 4 is 17.6 Å². The fourth-order valence-electron chi connectivity index (χ4n) is 2.01. The molecule has 0 saturated carbocycles. The average molecular weight is 242 g/mol. The third kappa shape index (κ3) is 2.37. The van der Waals surface area contributed by atoms with Gasteiger partial charge in [0.15, 0.2) is 5.82 Å². The van der Waals surface area contributed by atoms with Crippen molar-refractivity contribution in [1.29, 1.82) is 0 Å². The van der Waals surface area contributed by atoms with Crippen molar-refractivity contribution in [3.63, 3.8) is 0 Å². The topological polar surface area (TPSA) is 66.8 Å². The summed E-state index contributed by atoms with van der Waals surface area (Å²) in [5, 5.41) is 3.05. The van der Waals surface area contributed by atoms with Crippen LogP contribution < -0.4 is 10.2 Å². The number of hydrogen-bond acceptors (Lipinski definition) is 6. The Morgan fingerprint density at radius 1 is 1.06 bits per heavy atom. The zero-order valence-electron chi connectivity index (χ0n) is 9.95. The first kappa shape index (κ1) is 10.9. The highest BCUT2D eigenvalue weighted by molar-refractivity contribution is 5.50. The highest BCUT2D eigenvalue weighted by Crippen LogP contribution is 2.18. The van der Waals surface area contributed by atoms with Gasteiger partial charge in [0.25, 0.3) is 0 Å². The van der Waals surface area contributed by atoms with Crippen LogP contribution in [-0.4, -0.2) is 33.0 Å². The van der Waals surface area contributed by atoms with E-state index in [2.05, 4.69) is 30.2 Å². The molecule has 0 spiro atoms. The van der Waals surface area contributed by atoms with Crippen molar-refractivity contribution in [2.45, 2.75) is 12.8 Å². The Labute approximate surface area is 105 Å². The summed E-state index contributed by atoms with van der Waals surface area (Å²) in [7, 11) is 0. The Kier molecular flexibility index (Phi) is 2.99. The minimum atomic E-state index is 0.555. The number of aromatic nitrogens is 4. The second-order valence-electron chi connectivity index (χ2n) is 4.15. The Morgan fingerprint density at radius 3 is 2.72 bits per heavy atom. The van der Waals surface area contributed by atoms with Gasteiger partial charge >= 0.3 is 0 Å². The minimum absolute atomic E-state index is 0.555. The van der Waals surface area contributed by atoms with E-state index in [0.717, 1.165) is 18.9 Å². The van der Waals surface area contributed by atoms with Crippen LogP contribution >= 0.6 is 0 Å². The summed E-state index contributed by atoms with van der Waals surface area (Å²) in [4.78, 5) is 19.1. The van der Waals surface area contributed by atoms with Gasteiger partial charge in [-0.3, -0.25) is 4.98 Å². The molecule has 1 aliphatic rings. The van der Waals surface area contributed by atoms with Crippen molar-refractivity contribution < 1.29 is 0 Å². The lowest BCUT2D eigenvalue weighted by atomic mass is 10.4. The zero-order valence-corrected chi connectivity index (χ0v) is 9.95. The van der Waals surface area contributed by atoms with E-state index in [0.29, 0.717) is 11.8 Å². The van der Waals surface area contributed by atoms with Gasteiger partial charge < -0.3 is 10.2 Å². The molecule has 18 heavy (non-hydrogen) atoms. The molecule has 0 radical (unpaired) electrons. The van der Waals surface area contributed by atoms with Gasteiger partial charge in [-0.05, 0) is 18.9 Å². The SMILES string of the molecule is c1cnc(Nc2nccc(N3CCCC3)n2)cn1. The summed E-state index contributed by atoms with van der Waals surface area (Å²) in [5.41, 5.74) is 0. The molecule has 1 saturated heterocycles. The Hall–Kier alpha value is -2.24. The van der Waals surface area contributed by atoms with Crippen LogP contribution in [0.15, 0.2) is 30.9 Å². The summed E-state index contributed by atoms with van der Waals surface area (Å²) in [6.07, 6.45) is 9.14. The van der Waals surface area contributed by atoms with Crippen LogP contribution in [0.25, 0.3) is 0 Å². The number of anilines is 3. The highest BCUT2D eigenvalue weighted by atomic mass is 15.2. The molecule has 2 aromatic heterocycles. The van der Waals surface area contributed by atoms with E-state index in [4.69, 9.17) is 0 Å². The summed E-state index contributed by atoms with van der Waals surface area (Å²) in [6.45, 7) is 2.14. The van der Waals surface area contributed by atoms with E-state index in [-0.39, 0.29) is 0 Å². The largest absolute Gasteiger partial charge is 0.356 e. The fourth-order valence-corrected chi connectivity index (χ4v) is 2.01. The molecule has 0 amide bonds. The van der Waals surface area contributed by atoms with Crippen LogP contribution in [0.2, 0.25) is 0 Å². The van der Waals surface area contributed by atoms with Crippen LogP contribution in [0.4, 0.5) is 17.6 Å². The number of nitrogens with zero attached hydrogens (tertiary/aromatic N) is 5. The third-order valence-corrected chi connectivity index (χ3v) is 2.87. The van der Waals surface area contributed by atoms with Crippen molar-refractivity contribution in [2.24, 2.45) is 0 Å². The predicted molar refractivity (Wildman–Crippen MR) is 68.8 cm³/mol. The molecule has 6 nitrogen and oxygen atoms in total. The lowest BCUT2D eigenvalue weighted by Crippen LogP contribution is -2.19. The molecule has 0 aromatic carbocycles. The summed E-state index contributed by atoms with van der Waals surface area (Å²) < 4.78 is 0. The van der Waals surface area contributed by atoms with Gasteiger partial charge in [-0.1, -0.05) is 0 Å². The fraction of sp³-hybridized carbons (Fsp3) is 0.333. The van der Waals surface area contributed by atoms with Crippen LogP contribution in [-0.2, 0) is 0 Å². The molecule has 1 aliphatic heterocycles. The van der Waals surface area contributed by atoms with Crippen molar-refractivity contribution in [3.8, 4) is 0 Å². The van der Waals surface area contributed by atoms with Gasteiger partial charge in [-0.15, -0.1) is 0 Å². The molecule has 0 unspecified atom stereocenters. The van der Waals surface area contributed by atoms with E-state index in [9.17, 15) is 0 Å². The zero-order chi connectivity index (χ0) is 12.2. The number of hydrogen-bond donors (Lipinski definition) is 1. The molecular weight excluding hydrogens is 228 g/mol. The van der Waals surface area contributed by atoms with Gasteiger partial charge in [0.05, 0.1) is 6.20 Å². The molecule has 6 heteroatoms. The van der Waals surface area contributed by atoms with Crippen molar-refractivity contribution in [3.05, 3.63) is 30.9 Å². The lowest BCUT2D eigenvalue weighted by molar-refractivity contribution is 0.929. The molecule has 0 aliphatic carbocycles. The van der Waals surface area contributed by atoms with E-state index in [1.807, 2.05) is 6.07 Å². The van der Waals surface area contributed by atoms with Crippen LogP contribution in [0.3, 0.4) is 0 Å². The van der Waals surface area contributed by atoms with Crippen molar-refractivity contribution in [1.82, 2.24) is 19.9 Å². The quantitative estimate of drug-likeness (QED) is 0.882. The van der Waals surface area contributed by atoms with Gasteiger partial charge in [-0.2, -0.15) is 4.98 Å². The molecule has 3 rings (SSSR count). The summed E-state index contributed by atoms with van der Waals surface area (Å²) >= 11 is 0. The summed E-state index contributed by atoms with van der Waals surface area (Å²) in [5.74, 6) is 2.17. The van der Waals surface area contributed by atoms with E-state index < -0.39 is 0 Å². The molecule has 0 atom stereocenters. The molecule has 0 bridgehead atoms. The minimum Gasteiger partial charge on any atom is -0.356 e. The van der Waals surface area contributed by atoms with Gasteiger partial charge in [-0.25, -0.2) is 9.97 Å². The maximum atomic E-state index is 4.49. The molecule has 3 heterocycles. The van der Waals surface area contributed by atoms with Gasteiger partial charge in [0.1, 0.15) is 5.82 Å². The second-order valence-corrected chi connectivity index (χ2v) is 4.15. The third-order valence-electron chi connectivity index (χ3n) is 2.87. The van der Waals surface area contributed by atoms with Crippen LogP contribution in [0.1, 0.15) is 12.8 Å². The molecular formula is C12H14N6. The van der Waals surface area contributed by atoms with Gasteiger partial charge in [0, 0.05) is 31.7 Å².